The summed E-state index contributed by atoms with van der Waals surface area (Å²) in [5, 5.41) is 20.0. The lowest BCUT2D eigenvalue weighted by Crippen LogP contribution is -2.25. The molecule has 2 atom stereocenters. The number of hydrogen-bond donors (Lipinski definition) is 2. The second kappa shape index (κ2) is 13.8. The SMILES string of the molecule is C=C(C)C(=O)OCC(O)CCc1ccc(C(C)(C)c2ccc(OCC(O)COC(=O)C(=C)C)cc2)cc1. The number of benzene rings is 2. The fourth-order valence-corrected chi connectivity index (χ4v) is 3.47. The summed E-state index contributed by atoms with van der Waals surface area (Å²) in [6, 6.07) is 15.9. The molecule has 0 aliphatic carbocycles. The molecule has 0 radical (unpaired) electrons. The first-order valence-electron chi connectivity index (χ1n) is 12.2. The zero-order chi connectivity index (χ0) is 27.6. The van der Waals surface area contributed by atoms with Crippen molar-refractivity contribution in [2.75, 3.05) is 19.8 Å². The van der Waals surface area contributed by atoms with Crippen molar-refractivity contribution in [2.24, 2.45) is 0 Å². The van der Waals surface area contributed by atoms with E-state index in [1.165, 1.54) is 0 Å². The topological polar surface area (TPSA) is 102 Å². The predicted octanol–water partition coefficient (Wildman–Crippen LogP) is 4.28. The fourth-order valence-electron chi connectivity index (χ4n) is 3.47. The predicted molar refractivity (Wildman–Crippen MR) is 142 cm³/mol. The minimum absolute atomic E-state index is 0.00129. The van der Waals surface area contributed by atoms with E-state index >= 15 is 0 Å². The molecule has 2 aromatic rings. The van der Waals surface area contributed by atoms with Gasteiger partial charge in [0.25, 0.3) is 0 Å². The van der Waals surface area contributed by atoms with Crippen LogP contribution in [0.1, 0.15) is 50.8 Å². The highest BCUT2D eigenvalue weighted by molar-refractivity contribution is 5.87. The molecule has 0 heterocycles. The van der Waals surface area contributed by atoms with Crippen molar-refractivity contribution in [2.45, 2.75) is 58.2 Å². The Kier molecular flexibility index (Phi) is 11.1. The highest BCUT2D eigenvalue weighted by Gasteiger charge is 2.23. The van der Waals surface area contributed by atoms with E-state index in [0.717, 1.165) is 16.7 Å². The Morgan fingerprint density at radius 2 is 1.24 bits per heavy atom. The first-order chi connectivity index (χ1) is 17.4. The standard InChI is InChI=1S/C30H38O7/c1-20(2)28(33)36-17-25(31)14-9-22-7-10-23(11-8-22)30(5,6)24-12-15-27(16-13-24)35-18-26(32)19-37-29(34)21(3)4/h7-8,10-13,15-16,25-26,31-32H,1,3,9,14,17-19H2,2,4-6H3. The van der Waals surface area contributed by atoms with Gasteiger partial charge >= 0.3 is 11.9 Å². The number of ether oxygens (including phenoxy) is 3. The average Bonchev–Trinajstić information content (AvgIpc) is 2.88. The molecule has 2 aromatic carbocycles. The summed E-state index contributed by atoms with van der Waals surface area (Å²) in [6.45, 7) is 14.2. The van der Waals surface area contributed by atoms with Gasteiger partial charge in [-0.3, -0.25) is 0 Å². The molecule has 0 saturated carbocycles. The number of aliphatic hydroxyl groups is 2. The van der Waals surface area contributed by atoms with Crippen LogP contribution < -0.4 is 4.74 Å². The molecule has 2 rings (SSSR count). The zero-order valence-electron chi connectivity index (χ0n) is 22.2. The highest BCUT2D eigenvalue weighted by atomic mass is 16.6. The molecule has 0 aromatic heterocycles. The van der Waals surface area contributed by atoms with Crippen molar-refractivity contribution in [3.63, 3.8) is 0 Å². The van der Waals surface area contributed by atoms with Gasteiger partial charge in [-0.25, -0.2) is 9.59 Å². The molecule has 2 unspecified atom stereocenters. The van der Waals surface area contributed by atoms with Gasteiger partial charge in [0.1, 0.15) is 31.7 Å². The lowest BCUT2D eigenvalue weighted by atomic mass is 9.78. The van der Waals surface area contributed by atoms with Crippen LogP contribution in [-0.4, -0.2) is 54.2 Å². The third-order valence-electron chi connectivity index (χ3n) is 5.97. The smallest absolute Gasteiger partial charge is 0.333 e. The van der Waals surface area contributed by atoms with Crippen LogP contribution in [0.25, 0.3) is 0 Å². The number of aryl methyl sites for hydroxylation is 1. The summed E-state index contributed by atoms with van der Waals surface area (Å²) in [5.41, 5.74) is 3.64. The largest absolute Gasteiger partial charge is 0.491 e. The second-order valence-corrected chi connectivity index (χ2v) is 9.76. The number of carbonyl (C=O) groups is 2. The number of carbonyl (C=O) groups excluding carboxylic acids is 2. The molecule has 0 bridgehead atoms. The van der Waals surface area contributed by atoms with Crippen LogP contribution >= 0.6 is 0 Å². The van der Waals surface area contributed by atoms with Gasteiger partial charge in [-0.15, -0.1) is 0 Å². The number of rotatable bonds is 14. The van der Waals surface area contributed by atoms with Gasteiger partial charge in [-0.2, -0.15) is 0 Å². The Hall–Kier alpha value is -3.42. The van der Waals surface area contributed by atoms with E-state index in [1.54, 1.807) is 13.8 Å². The second-order valence-electron chi connectivity index (χ2n) is 9.76. The molecule has 7 nitrogen and oxygen atoms in total. The summed E-state index contributed by atoms with van der Waals surface area (Å²) in [5.74, 6) is -0.435. The minimum Gasteiger partial charge on any atom is -0.491 e. The number of hydrogen-bond acceptors (Lipinski definition) is 7. The quantitative estimate of drug-likeness (QED) is 0.289. The van der Waals surface area contributed by atoms with Crippen LogP contribution in [0, 0.1) is 0 Å². The average molecular weight is 511 g/mol. The Balaban J connectivity index is 1.88. The summed E-state index contributed by atoms with van der Waals surface area (Å²) in [7, 11) is 0. The maximum absolute atomic E-state index is 11.4. The van der Waals surface area contributed by atoms with Crippen molar-refractivity contribution in [3.05, 3.63) is 89.5 Å². The van der Waals surface area contributed by atoms with E-state index in [1.807, 2.05) is 36.4 Å². The van der Waals surface area contributed by atoms with Gasteiger partial charge < -0.3 is 24.4 Å². The molecule has 2 N–H and O–H groups in total. The highest BCUT2D eigenvalue weighted by Crippen LogP contribution is 2.32. The maximum Gasteiger partial charge on any atom is 0.333 e. The van der Waals surface area contributed by atoms with E-state index < -0.39 is 24.1 Å². The van der Waals surface area contributed by atoms with Gasteiger partial charge in [0.2, 0.25) is 0 Å². The molecule has 0 saturated heterocycles. The van der Waals surface area contributed by atoms with Gasteiger partial charge in [0.05, 0.1) is 6.10 Å². The first kappa shape index (κ1) is 29.8. The van der Waals surface area contributed by atoms with Crippen molar-refractivity contribution in [1.82, 2.24) is 0 Å². The van der Waals surface area contributed by atoms with Crippen LogP contribution in [0.15, 0.2) is 72.8 Å². The van der Waals surface area contributed by atoms with Crippen LogP contribution in [0.4, 0.5) is 0 Å². The Morgan fingerprint density at radius 1 is 0.784 bits per heavy atom. The Morgan fingerprint density at radius 3 is 1.73 bits per heavy atom. The molecule has 0 spiro atoms. The fraction of sp³-hybridized carbons (Fsp3) is 0.400. The van der Waals surface area contributed by atoms with Crippen LogP contribution in [0.2, 0.25) is 0 Å². The van der Waals surface area contributed by atoms with Crippen molar-refractivity contribution in [3.8, 4) is 5.75 Å². The van der Waals surface area contributed by atoms with E-state index in [0.29, 0.717) is 24.2 Å². The molecule has 200 valence electrons. The minimum atomic E-state index is -0.939. The molecule has 7 heteroatoms. The Labute approximate surface area is 219 Å². The Bertz CT molecular complexity index is 983. The third kappa shape index (κ3) is 9.52. The number of esters is 2. The molecule has 0 aliphatic heterocycles. The monoisotopic (exact) mass is 510 g/mol. The van der Waals surface area contributed by atoms with E-state index in [4.69, 9.17) is 14.2 Å². The molecule has 37 heavy (non-hydrogen) atoms. The van der Waals surface area contributed by atoms with E-state index in [9.17, 15) is 19.8 Å². The van der Waals surface area contributed by atoms with E-state index in [2.05, 4.69) is 39.1 Å². The normalized spacial score (nSPS) is 12.8. The van der Waals surface area contributed by atoms with Crippen molar-refractivity contribution in [1.29, 1.82) is 0 Å². The van der Waals surface area contributed by atoms with Gasteiger partial charge in [0, 0.05) is 16.6 Å². The summed E-state index contributed by atoms with van der Waals surface area (Å²) < 4.78 is 15.5. The van der Waals surface area contributed by atoms with E-state index in [-0.39, 0.29) is 30.8 Å². The van der Waals surface area contributed by atoms with Crippen LogP contribution in [0.3, 0.4) is 0 Å². The molecule has 0 amide bonds. The molecular weight excluding hydrogens is 472 g/mol. The first-order valence-corrected chi connectivity index (χ1v) is 12.2. The molecule has 0 aliphatic rings. The lowest BCUT2D eigenvalue weighted by Gasteiger charge is -2.26. The summed E-state index contributed by atoms with van der Waals surface area (Å²) >= 11 is 0. The van der Waals surface area contributed by atoms with Gasteiger partial charge in [-0.05, 0) is 55.5 Å². The molecule has 0 fully saturated rings. The third-order valence-corrected chi connectivity index (χ3v) is 5.97. The summed E-state index contributed by atoms with van der Waals surface area (Å²) in [4.78, 5) is 22.9. The van der Waals surface area contributed by atoms with Crippen LogP contribution in [-0.2, 0) is 30.9 Å². The lowest BCUT2D eigenvalue weighted by molar-refractivity contribution is -0.142. The van der Waals surface area contributed by atoms with Gasteiger partial charge in [-0.1, -0.05) is 63.4 Å². The summed E-state index contributed by atoms with van der Waals surface area (Å²) in [6.07, 6.45) is -0.520. The number of aliphatic hydroxyl groups excluding tert-OH is 2. The molecular formula is C30H38O7. The van der Waals surface area contributed by atoms with Crippen LogP contribution in [0.5, 0.6) is 5.75 Å². The van der Waals surface area contributed by atoms with Crippen molar-refractivity contribution >= 4 is 11.9 Å². The van der Waals surface area contributed by atoms with Crippen molar-refractivity contribution < 1.29 is 34.0 Å². The maximum atomic E-state index is 11.4. The zero-order valence-corrected chi connectivity index (χ0v) is 22.2. The van der Waals surface area contributed by atoms with Gasteiger partial charge in [0.15, 0.2) is 0 Å².